The number of carbonyl (C=O) groups is 2. The topological polar surface area (TPSA) is 111 Å². The molecule has 0 aromatic heterocycles. The Morgan fingerprint density at radius 3 is 1.28 bits per heavy atom. The molecule has 0 fully saturated rings. The lowest BCUT2D eigenvalue weighted by molar-refractivity contribution is -0.870. The standard InChI is InChI=1S/C68H115N2O7P/c1-7-10-13-16-19-22-25-28-30-32-33-34-35-36-37-39-40-42-45-48-51-54-57-60-67(71)69-65(64-76-78(73,74)75-63-62-70(4,5)6)66(59-56-53-50-47-44-27-24-21-18-15-12-9-3)77-68(72)61-58-55-52-49-46-43-41-38-31-29-26-23-20-17-14-11-8-2/h10,13,19-20,22-23,28-31,33-34,36-37,40-43,49,52,56,59,65-66H,7-9,11-12,14-18,21,24-27,32,35,38-39,44-48,50-51,53-55,57-58,60-64H2,1-6H3,(H-,69,71,73,74)/p+1/b13-10-,22-19-,23-20-,30-28-,31-29-,34-33-,37-36-,42-40-,43-41-,52-49-,59-56-. The highest BCUT2D eigenvalue weighted by molar-refractivity contribution is 7.47. The van der Waals surface area contributed by atoms with Crippen LogP contribution in [0.25, 0.3) is 0 Å². The van der Waals surface area contributed by atoms with Gasteiger partial charge < -0.3 is 19.4 Å². The fourth-order valence-electron chi connectivity index (χ4n) is 8.05. The molecule has 0 spiro atoms. The summed E-state index contributed by atoms with van der Waals surface area (Å²) in [5, 5.41) is 3.02. The highest BCUT2D eigenvalue weighted by atomic mass is 31.2. The van der Waals surface area contributed by atoms with E-state index in [1.165, 1.54) is 77.0 Å². The minimum atomic E-state index is -4.48. The molecule has 3 unspecified atom stereocenters. The van der Waals surface area contributed by atoms with Crippen molar-refractivity contribution in [2.45, 2.75) is 245 Å². The number of allylic oxidation sites excluding steroid dienone is 21. The van der Waals surface area contributed by atoms with Crippen molar-refractivity contribution < 1.29 is 37.3 Å². The number of nitrogens with zero attached hydrogens (tertiary/aromatic N) is 1. The van der Waals surface area contributed by atoms with Gasteiger partial charge in [0.1, 0.15) is 19.3 Å². The van der Waals surface area contributed by atoms with Crippen molar-refractivity contribution in [2.75, 3.05) is 40.9 Å². The number of carbonyl (C=O) groups excluding carboxylic acids is 2. The number of likely N-dealkylation sites (N-methyl/N-ethyl adjacent to an activating group) is 1. The summed E-state index contributed by atoms with van der Waals surface area (Å²) in [5.41, 5.74) is 0. The summed E-state index contributed by atoms with van der Waals surface area (Å²) < 4.78 is 30.6. The molecule has 0 rings (SSSR count). The summed E-state index contributed by atoms with van der Waals surface area (Å²) in [6.07, 6.45) is 80.3. The predicted octanol–water partition coefficient (Wildman–Crippen LogP) is 19.3. The van der Waals surface area contributed by atoms with E-state index in [1.54, 1.807) is 0 Å². The largest absolute Gasteiger partial charge is 0.472 e. The molecule has 0 aliphatic rings. The Kier molecular flexibility index (Phi) is 53.6. The summed E-state index contributed by atoms with van der Waals surface area (Å²) >= 11 is 0. The van der Waals surface area contributed by atoms with Crippen LogP contribution in [0, 0.1) is 0 Å². The van der Waals surface area contributed by atoms with Gasteiger partial charge in [0.2, 0.25) is 5.91 Å². The van der Waals surface area contributed by atoms with Crippen molar-refractivity contribution in [2.24, 2.45) is 0 Å². The Labute approximate surface area is 479 Å². The molecule has 0 aromatic rings. The third kappa shape index (κ3) is 56.9. The number of rotatable bonds is 54. The van der Waals surface area contributed by atoms with Gasteiger partial charge in [-0.3, -0.25) is 18.6 Å². The molecule has 0 saturated heterocycles. The van der Waals surface area contributed by atoms with Gasteiger partial charge in [-0.15, -0.1) is 0 Å². The van der Waals surface area contributed by atoms with Crippen molar-refractivity contribution >= 4 is 19.7 Å². The molecule has 10 heteroatoms. The second kappa shape index (κ2) is 56.4. The van der Waals surface area contributed by atoms with Crippen molar-refractivity contribution in [1.82, 2.24) is 5.32 Å². The molecule has 0 aromatic carbocycles. The monoisotopic (exact) mass is 1100 g/mol. The quantitative estimate of drug-likeness (QED) is 0.0205. The van der Waals surface area contributed by atoms with E-state index in [1.807, 2.05) is 33.3 Å². The fourth-order valence-corrected chi connectivity index (χ4v) is 8.79. The second-order valence-corrected chi connectivity index (χ2v) is 22.9. The van der Waals surface area contributed by atoms with Crippen LogP contribution >= 0.6 is 7.82 Å². The predicted molar refractivity (Wildman–Crippen MR) is 336 cm³/mol. The first-order valence-electron chi connectivity index (χ1n) is 31.0. The number of nitrogens with one attached hydrogen (secondary N) is 1. The molecular weight excluding hydrogens is 988 g/mol. The average Bonchev–Trinajstić information content (AvgIpc) is 3.40. The van der Waals surface area contributed by atoms with Gasteiger partial charge in [0.25, 0.3) is 0 Å². The molecule has 0 aliphatic carbocycles. The third-order valence-corrected chi connectivity index (χ3v) is 13.8. The maximum Gasteiger partial charge on any atom is 0.472 e. The van der Waals surface area contributed by atoms with Crippen LogP contribution in [0.3, 0.4) is 0 Å². The molecule has 9 nitrogen and oxygen atoms in total. The number of phosphoric ester groups is 1. The second-order valence-electron chi connectivity index (χ2n) is 21.5. The highest BCUT2D eigenvalue weighted by Gasteiger charge is 2.30. The number of phosphoric acid groups is 1. The zero-order valence-corrected chi connectivity index (χ0v) is 51.5. The number of ether oxygens (including phenoxy) is 1. The first kappa shape index (κ1) is 74.2. The van der Waals surface area contributed by atoms with Crippen LogP contribution in [0.5, 0.6) is 0 Å². The first-order chi connectivity index (χ1) is 37.9. The van der Waals surface area contributed by atoms with Crippen LogP contribution in [0.1, 0.15) is 233 Å². The van der Waals surface area contributed by atoms with E-state index < -0.39 is 25.9 Å². The number of esters is 1. The maximum atomic E-state index is 13.5. The van der Waals surface area contributed by atoms with E-state index in [0.717, 1.165) is 109 Å². The summed E-state index contributed by atoms with van der Waals surface area (Å²) in [7, 11) is 1.43. The van der Waals surface area contributed by atoms with Crippen LogP contribution in [-0.4, -0.2) is 74.3 Å². The van der Waals surface area contributed by atoms with E-state index in [-0.39, 0.29) is 32.0 Å². The van der Waals surface area contributed by atoms with Gasteiger partial charge in [-0.25, -0.2) is 4.57 Å². The first-order valence-corrected chi connectivity index (χ1v) is 32.5. The summed E-state index contributed by atoms with van der Waals surface area (Å²) in [6, 6.07) is -0.894. The molecule has 0 saturated carbocycles. The Morgan fingerprint density at radius 2 is 0.833 bits per heavy atom. The molecule has 78 heavy (non-hydrogen) atoms. The third-order valence-electron chi connectivity index (χ3n) is 12.8. The van der Waals surface area contributed by atoms with E-state index in [2.05, 4.69) is 148 Å². The molecule has 1 amide bonds. The molecule has 2 N–H and O–H groups in total. The molecule has 0 bridgehead atoms. The Morgan fingerprint density at radius 1 is 0.462 bits per heavy atom. The summed E-state index contributed by atoms with van der Waals surface area (Å²) in [4.78, 5) is 37.7. The van der Waals surface area contributed by atoms with Crippen molar-refractivity contribution in [3.8, 4) is 0 Å². The zero-order chi connectivity index (χ0) is 57.2. The average molecular weight is 1100 g/mol. The lowest BCUT2D eigenvalue weighted by Crippen LogP contribution is -2.47. The lowest BCUT2D eigenvalue weighted by atomic mass is 10.1. The molecule has 0 aliphatic heterocycles. The molecule has 3 atom stereocenters. The van der Waals surface area contributed by atoms with Gasteiger partial charge in [0.15, 0.2) is 0 Å². The SMILES string of the molecule is CC/C=C\C/C=C\C/C=C\C/C=C\C/C=C\C/C=C\CCCCCCC(=O)NC(COP(=O)(O)OCC[N+](C)(C)C)C(/C=C\CCCCCCCCCCCC)OC(=O)CCC/C=C\C/C=C\C/C=C\C/C=C\CCCCC. The van der Waals surface area contributed by atoms with Gasteiger partial charge in [-0.05, 0) is 122 Å². The lowest BCUT2D eigenvalue weighted by Gasteiger charge is -2.27. The number of quaternary nitrogens is 1. The zero-order valence-electron chi connectivity index (χ0n) is 50.6. The van der Waals surface area contributed by atoms with Gasteiger partial charge in [-0.2, -0.15) is 0 Å². The van der Waals surface area contributed by atoms with Crippen LogP contribution in [0.15, 0.2) is 134 Å². The van der Waals surface area contributed by atoms with Gasteiger partial charge in [-0.1, -0.05) is 232 Å². The van der Waals surface area contributed by atoms with Crippen LogP contribution in [0.2, 0.25) is 0 Å². The van der Waals surface area contributed by atoms with E-state index in [4.69, 9.17) is 13.8 Å². The Hall–Kier alpha value is -3.85. The number of amides is 1. The summed E-state index contributed by atoms with van der Waals surface area (Å²) in [5.74, 6) is -0.610. The molecule has 0 radical (unpaired) electrons. The highest BCUT2D eigenvalue weighted by Crippen LogP contribution is 2.43. The smallest absolute Gasteiger partial charge is 0.456 e. The van der Waals surface area contributed by atoms with Gasteiger partial charge in [0, 0.05) is 12.8 Å². The Bertz CT molecular complexity index is 1800. The van der Waals surface area contributed by atoms with Gasteiger partial charge >= 0.3 is 13.8 Å². The van der Waals surface area contributed by atoms with Crippen molar-refractivity contribution in [3.63, 3.8) is 0 Å². The normalized spacial score (nSPS) is 14.6. The van der Waals surface area contributed by atoms with Crippen molar-refractivity contribution in [1.29, 1.82) is 0 Å². The number of hydrogen-bond acceptors (Lipinski definition) is 6. The minimum absolute atomic E-state index is 0.0189. The van der Waals surface area contributed by atoms with Gasteiger partial charge in [0.05, 0.1) is 33.8 Å². The summed E-state index contributed by atoms with van der Waals surface area (Å²) in [6.45, 7) is 6.79. The maximum absolute atomic E-state index is 13.5. The minimum Gasteiger partial charge on any atom is -0.456 e. The molecular formula is C68H116N2O7P+. The van der Waals surface area contributed by atoms with Crippen LogP contribution in [0.4, 0.5) is 0 Å². The van der Waals surface area contributed by atoms with E-state index in [9.17, 15) is 19.0 Å². The Balaban J connectivity index is 5.39. The number of unbranched alkanes of at least 4 members (excludes halogenated alkanes) is 18. The van der Waals surface area contributed by atoms with Crippen molar-refractivity contribution in [3.05, 3.63) is 134 Å². The van der Waals surface area contributed by atoms with E-state index in [0.29, 0.717) is 23.9 Å². The fraction of sp³-hybridized carbons (Fsp3) is 0.647. The van der Waals surface area contributed by atoms with Crippen LogP contribution < -0.4 is 5.32 Å². The molecule has 444 valence electrons. The van der Waals surface area contributed by atoms with E-state index >= 15 is 0 Å². The number of hydrogen-bond donors (Lipinski definition) is 2. The van der Waals surface area contributed by atoms with Crippen LogP contribution in [-0.2, 0) is 27.9 Å². The molecule has 0 heterocycles.